The standard InChI is InChI=1S/C23H21ClN4O2/c1-14-12-19-20(13-17(14)24)28(21-7-6-15-4-2-3-5-18(15)25-21)23(26-19)27-10-8-16(9-11-27)22(29)30/h2-7,12-13,16H,8-11H2,1H3,(H,29,30). The summed E-state index contributed by atoms with van der Waals surface area (Å²) in [7, 11) is 0. The van der Waals surface area contributed by atoms with Gasteiger partial charge in [0.25, 0.3) is 0 Å². The highest BCUT2D eigenvalue weighted by molar-refractivity contribution is 6.32. The van der Waals surface area contributed by atoms with Gasteiger partial charge in [-0.3, -0.25) is 9.36 Å². The SMILES string of the molecule is Cc1cc2nc(N3CCC(C(=O)O)CC3)n(-c3ccc4ccccc4n3)c2cc1Cl. The first-order chi connectivity index (χ1) is 14.5. The molecular formula is C23H21ClN4O2. The van der Waals surface area contributed by atoms with E-state index in [-0.39, 0.29) is 5.92 Å². The lowest BCUT2D eigenvalue weighted by atomic mass is 9.97. The number of anilines is 1. The van der Waals surface area contributed by atoms with Gasteiger partial charge in [-0.2, -0.15) is 0 Å². The van der Waals surface area contributed by atoms with Crippen LogP contribution in [0.15, 0.2) is 48.5 Å². The molecule has 0 bridgehead atoms. The fourth-order valence-electron chi connectivity index (χ4n) is 4.13. The number of hydrogen-bond donors (Lipinski definition) is 1. The average Bonchev–Trinajstić information content (AvgIpc) is 3.12. The van der Waals surface area contributed by atoms with Crippen molar-refractivity contribution in [2.24, 2.45) is 5.92 Å². The van der Waals surface area contributed by atoms with E-state index >= 15 is 0 Å². The number of aryl methyl sites for hydroxylation is 1. The summed E-state index contributed by atoms with van der Waals surface area (Å²) in [6.45, 7) is 3.24. The number of nitrogens with zero attached hydrogens (tertiary/aromatic N) is 4. The lowest BCUT2D eigenvalue weighted by Gasteiger charge is -2.31. The molecule has 1 fully saturated rings. The van der Waals surface area contributed by atoms with Gasteiger partial charge in [0.2, 0.25) is 5.95 Å². The Balaban J connectivity index is 1.67. The number of rotatable bonds is 3. The number of halogens is 1. The Morgan fingerprint density at radius 3 is 2.60 bits per heavy atom. The van der Waals surface area contributed by atoms with Crippen LogP contribution >= 0.6 is 11.6 Å². The number of hydrogen-bond acceptors (Lipinski definition) is 4. The Hall–Kier alpha value is -3.12. The average molecular weight is 421 g/mol. The second kappa shape index (κ2) is 7.29. The van der Waals surface area contributed by atoms with Crippen LogP contribution in [0.4, 0.5) is 5.95 Å². The van der Waals surface area contributed by atoms with Crippen LogP contribution in [0.5, 0.6) is 0 Å². The minimum Gasteiger partial charge on any atom is -0.481 e. The van der Waals surface area contributed by atoms with E-state index in [1.54, 1.807) is 0 Å². The molecule has 0 atom stereocenters. The molecule has 0 saturated carbocycles. The summed E-state index contributed by atoms with van der Waals surface area (Å²) in [6.07, 6.45) is 1.20. The molecule has 0 aliphatic carbocycles. The molecule has 152 valence electrons. The Morgan fingerprint density at radius 1 is 1.07 bits per heavy atom. The molecule has 7 heteroatoms. The second-order valence-corrected chi connectivity index (χ2v) is 8.21. The van der Waals surface area contributed by atoms with Crippen LogP contribution in [-0.2, 0) is 4.79 Å². The molecule has 2 aromatic carbocycles. The molecule has 1 aliphatic rings. The summed E-state index contributed by atoms with van der Waals surface area (Å²) in [5.74, 6) is 0.529. The van der Waals surface area contributed by atoms with E-state index in [1.807, 2.05) is 54.0 Å². The first kappa shape index (κ1) is 18.9. The number of aliphatic carboxylic acids is 1. The number of aromatic nitrogens is 3. The topological polar surface area (TPSA) is 71.2 Å². The maximum Gasteiger partial charge on any atom is 0.306 e. The molecule has 1 aliphatic heterocycles. The van der Waals surface area contributed by atoms with E-state index in [1.165, 1.54) is 0 Å². The number of carbonyl (C=O) groups is 1. The van der Waals surface area contributed by atoms with E-state index in [0.29, 0.717) is 31.0 Å². The van der Waals surface area contributed by atoms with Crippen molar-refractivity contribution in [1.29, 1.82) is 0 Å². The molecule has 2 aromatic heterocycles. The monoisotopic (exact) mass is 420 g/mol. The summed E-state index contributed by atoms with van der Waals surface area (Å²) < 4.78 is 2.04. The zero-order chi connectivity index (χ0) is 20.8. The Morgan fingerprint density at radius 2 is 1.83 bits per heavy atom. The maximum atomic E-state index is 11.4. The van der Waals surface area contributed by atoms with Crippen molar-refractivity contribution in [3.63, 3.8) is 0 Å². The number of fused-ring (bicyclic) bond motifs is 2. The number of carboxylic acids is 1. The maximum absolute atomic E-state index is 11.4. The van der Waals surface area contributed by atoms with Crippen molar-refractivity contribution in [3.05, 3.63) is 59.1 Å². The molecule has 0 radical (unpaired) electrons. The molecule has 0 unspecified atom stereocenters. The third kappa shape index (κ3) is 3.17. The van der Waals surface area contributed by atoms with Gasteiger partial charge >= 0.3 is 5.97 Å². The Bertz CT molecular complexity index is 1280. The van der Waals surface area contributed by atoms with Crippen LogP contribution in [0.2, 0.25) is 5.02 Å². The summed E-state index contributed by atoms with van der Waals surface area (Å²) in [5, 5.41) is 11.1. The first-order valence-corrected chi connectivity index (χ1v) is 10.4. The molecule has 5 rings (SSSR count). The summed E-state index contributed by atoms with van der Waals surface area (Å²) in [5.41, 5.74) is 3.62. The van der Waals surface area contributed by atoms with E-state index in [0.717, 1.165) is 39.3 Å². The number of imidazole rings is 1. The molecule has 0 spiro atoms. The van der Waals surface area contributed by atoms with Crippen LogP contribution in [0, 0.1) is 12.8 Å². The molecule has 0 amide bonds. The number of benzene rings is 2. The predicted molar refractivity (Wildman–Crippen MR) is 119 cm³/mol. The van der Waals surface area contributed by atoms with Crippen LogP contribution in [0.3, 0.4) is 0 Å². The highest BCUT2D eigenvalue weighted by atomic mass is 35.5. The van der Waals surface area contributed by atoms with Crippen LogP contribution in [0.25, 0.3) is 27.8 Å². The van der Waals surface area contributed by atoms with Gasteiger partial charge in [0.1, 0.15) is 5.82 Å². The highest BCUT2D eigenvalue weighted by Crippen LogP contribution is 2.32. The van der Waals surface area contributed by atoms with Gasteiger partial charge in [-0.15, -0.1) is 0 Å². The third-order valence-corrected chi connectivity index (χ3v) is 6.26. The van der Waals surface area contributed by atoms with Gasteiger partial charge in [0, 0.05) is 23.5 Å². The van der Waals surface area contributed by atoms with Crippen molar-refractivity contribution >= 4 is 45.5 Å². The summed E-state index contributed by atoms with van der Waals surface area (Å²) >= 11 is 6.45. The third-order valence-electron chi connectivity index (χ3n) is 5.86. The first-order valence-electron chi connectivity index (χ1n) is 10.0. The molecule has 3 heterocycles. The van der Waals surface area contributed by atoms with Crippen molar-refractivity contribution in [3.8, 4) is 5.82 Å². The summed E-state index contributed by atoms with van der Waals surface area (Å²) in [4.78, 5) is 23.3. The highest BCUT2D eigenvalue weighted by Gasteiger charge is 2.28. The molecular weight excluding hydrogens is 400 g/mol. The van der Waals surface area contributed by atoms with E-state index in [4.69, 9.17) is 21.6 Å². The van der Waals surface area contributed by atoms with Crippen LogP contribution in [-0.4, -0.2) is 38.7 Å². The minimum absolute atomic E-state index is 0.297. The predicted octanol–water partition coefficient (Wildman–Crippen LogP) is 4.84. The molecule has 4 aromatic rings. The van der Waals surface area contributed by atoms with E-state index in [2.05, 4.69) is 11.0 Å². The second-order valence-electron chi connectivity index (χ2n) is 7.80. The van der Waals surface area contributed by atoms with Gasteiger partial charge in [-0.1, -0.05) is 29.8 Å². The summed E-state index contributed by atoms with van der Waals surface area (Å²) in [6, 6.07) is 16.0. The van der Waals surface area contributed by atoms with E-state index < -0.39 is 5.97 Å². The van der Waals surface area contributed by atoms with Gasteiger partial charge in [-0.05, 0) is 55.7 Å². The van der Waals surface area contributed by atoms with Gasteiger partial charge in [-0.25, -0.2) is 9.97 Å². The fourth-order valence-corrected chi connectivity index (χ4v) is 4.29. The lowest BCUT2D eigenvalue weighted by molar-refractivity contribution is -0.142. The van der Waals surface area contributed by atoms with Gasteiger partial charge < -0.3 is 10.0 Å². The van der Waals surface area contributed by atoms with Crippen molar-refractivity contribution in [2.45, 2.75) is 19.8 Å². The zero-order valence-electron chi connectivity index (χ0n) is 16.5. The van der Waals surface area contributed by atoms with E-state index in [9.17, 15) is 9.90 Å². The minimum atomic E-state index is -0.721. The van der Waals surface area contributed by atoms with Gasteiger partial charge in [0.15, 0.2) is 0 Å². The van der Waals surface area contributed by atoms with Crippen LogP contribution < -0.4 is 4.90 Å². The quantitative estimate of drug-likeness (QED) is 0.513. The number of para-hydroxylation sites is 1. The molecule has 30 heavy (non-hydrogen) atoms. The lowest BCUT2D eigenvalue weighted by Crippen LogP contribution is -2.37. The molecule has 6 nitrogen and oxygen atoms in total. The van der Waals surface area contributed by atoms with Crippen LogP contribution in [0.1, 0.15) is 18.4 Å². The normalized spacial score (nSPS) is 15.2. The number of piperidine rings is 1. The smallest absolute Gasteiger partial charge is 0.306 e. The van der Waals surface area contributed by atoms with Gasteiger partial charge in [0.05, 0.1) is 22.5 Å². The molecule has 1 saturated heterocycles. The van der Waals surface area contributed by atoms with Crippen molar-refractivity contribution in [1.82, 2.24) is 14.5 Å². The number of carboxylic acid groups (broad SMARTS) is 1. The Kier molecular flexibility index (Phi) is 4.59. The molecule has 1 N–H and O–H groups in total. The zero-order valence-corrected chi connectivity index (χ0v) is 17.3. The van der Waals surface area contributed by atoms with Crippen molar-refractivity contribution in [2.75, 3.05) is 18.0 Å². The largest absolute Gasteiger partial charge is 0.481 e. The fraction of sp³-hybridized carbons (Fsp3) is 0.261. The number of pyridine rings is 1. The van der Waals surface area contributed by atoms with Crippen molar-refractivity contribution < 1.29 is 9.90 Å². The Labute approximate surface area is 178 Å².